The highest BCUT2D eigenvalue weighted by atomic mass is 35.5. The SMILES string of the molecule is CCCCn1c(=O)n(CCCCN2C(=O)CN(c3ccccc3)C2=O)c(=O)c2[nH]c(Cl)nc21. The minimum atomic E-state index is -0.481. The van der Waals surface area contributed by atoms with E-state index in [2.05, 4.69) is 9.97 Å². The van der Waals surface area contributed by atoms with Gasteiger partial charge in [0.25, 0.3) is 11.5 Å². The van der Waals surface area contributed by atoms with Gasteiger partial charge in [0.1, 0.15) is 6.54 Å². The molecule has 0 atom stereocenters. The summed E-state index contributed by atoms with van der Waals surface area (Å²) in [5.41, 5.74) is 0.204. The fourth-order valence-corrected chi connectivity index (χ4v) is 4.14. The number of nitrogens with zero attached hydrogens (tertiary/aromatic N) is 5. The number of hydrogen-bond donors (Lipinski definition) is 1. The van der Waals surface area contributed by atoms with Gasteiger partial charge in [-0.3, -0.25) is 28.5 Å². The molecule has 0 radical (unpaired) electrons. The van der Waals surface area contributed by atoms with Crippen molar-refractivity contribution in [3.05, 3.63) is 56.5 Å². The fraction of sp³-hybridized carbons (Fsp3) is 0.409. The number of rotatable bonds is 9. The highest BCUT2D eigenvalue weighted by molar-refractivity contribution is 6.29. The molecule has 174 valence electrons. The molecule has 3 aromatic rings. The summed E-state index contributed by atoms with van der Waals surface area (Å²) in [6, 6.07) is 8.66. The monoisotopic (exact) mass is 472 g/mol. The van der Waals surface area contributed by atoms with Crippen molar-refractivity contribution in [1.29, 1.82) is 0 Å². The first kappa shape index (κ1) is 22.8. The van der Waals surface area contributed by atoms with E-state index in [1.807, 2.05) is 25.1 Å². The van der Waals surface area contributed by atoms with Crippen LogP contribution in [0.25, 0.3) is 11.2 Å². The quantitative estimate of drug-likeness (QED) is 0.292. The summed E-state index contributed by atoms with van der Waals surface area (Å²) in [6.45, 7) is 2.82. The molecule has 2 aromatic heterocycles. The zero-order valence-electron chi connectivity index (χ0n) is 18.3. The Morgan fingerprint density at radius 2 is 1.67 bits per heavy atom. The second-order valence-electron chi connectivity index (χ2n) is 7.93. The van der Waals surface area contributed by atoms with E-state index in [4.69, 9.17) is 11.6 Å². The van der Waals surface area contributed by atoms with Crippen LogP contribution in [0.3, 0.4) is 0 Å². The number of halogens is 1. The van der Waals surface area contributed by atoms with E-state index >= 15 is 0 Å². The number of para-hydroxylation sites is 1. The van der Waals surface area contributed by atoms with E-state index in [-0.39, 0.29) is 48.0 Å². The number of imide groups is 1. The molecule has 1 aliphatic rings. The fourth-order valence-electron chi connectivity index (χ4n) is 3.96. The molecule has 3 heterocycles. The van der Waals surface area contributed by atoms with Crippen LogP contribution in [0.4, 0.5) is 10.5 Å². The second-order valence-corrected chi connectivity index (χ2v) is 8.29. The largest absolute Gasteiger partial charge is 0.332 e. The summed E-state index contributed by atoms with van der Waals surface area (Å²) in [6.07, 6.45) is 2.54. The molecule has 0 aliphatic carbocycles. The van der Waals surface area contributed by atoms with E-state index in [0.717, 1.165) is 17.4 Å². The number of nitrogens with one attached hydrogen (secondary N) is 1. The van der Waals surface area contributed by atoms with Crippen molar-refractivity contribution >= 4 is 40.4 Å². The predicted molar refractivity (Wildman–Crippen MR) is 125 cm³/mol. The number of anilines is 1. The van der Waals surface area contributed by atoms with Gasteiger partial charge in [-0.1, -0.05) is 31.5 Å². The number of urea groups is 1. The first-order valence-electron chi connectivity index (χ1n) is 11.0. The van der Waals surface area contributed by atoms with E-state index < -0.39 is 11.2 Å². The number of aryl methyl sites for hydroxylation is 1. The first-order chi connectivity index (χ1) is 15.9. The van der Waals surface area contributed by atoms with Crippen LogP contribution >= 0.6 is 11.6 Å². The average Bonchev–Trinajstić information content (AvgIpc) is 3.33. The van der Waals surface area contributed by atoms with E-state index in [1.165, 1.54) is 14.4 Å². The number of fused-ring (bicyclic) bond motifs is 1. The van der Waals surface area contributed by atoms with Crippen molar-refractivity contribution in [2.24, 2.45) is 0 Å². The molecule has 1 fully saturated rings. The Kier molecular flexibility index (Phi) is 6.64. The van der Waals surface area contributed by atoms with Gasteiger partial charge < -0.3 is 4.98 Å². The lowest BCUT2D eigenvalue weighted by atomic mass is 10.3. The molecule has 33 heavy (non-hydrogen) atoms. The Bertz CT molecular complexity index is 1300. The number of H-pyrrole nitrogens is 1. The van der Waals surface area contributed by atoms with Crippen molar-refractivity contribution in [3.8, 4) is 0 Å². The standard InChI is InChI=1S/C22H25ClN6O4/c1-2-3-11-27-18-17(24-20(23)25-18)19(31)28(22(27)33)13-8-7-12-26-16(30)14-29(21(26)32)15-9-5-4-6-10-15/h4-6,9-10H,2-3,7-8,11-14H2,1H3,(H,24,25). The molecule has 0 bridgehead atoms. The Hall–Kier alpha value is -3.40. The zero-order valence-corrected chi connectivity index (χ0v) is 19.0. The van der Waals surface area contributed by atoms with Crippen LogP contribution in [-0.4, -0.2) is 49.0 Å². The zero-order chi connectivity index (χ0) is 23.5. The number of imidazole rings is 1. The minimum Gasteiger partial charge on any atom is -0.323 e. The van der Waals surface area contributed by atoms with Crippen LogP contribution in [0, 0.1) is 0 Å². The average molecular weight is 473 g/mol. The van der Waals surface area contributed by atoms with Gasteiger partial charge >= 0.3 is 11.7 Å². The van der Waals surface area contributed by atoms with Crippen LogP contribution in [0.2, 0.25) is 5.28 Å². The highest BCUT2D eigenvalue weighted by Crippen LogP contribution is 2.21. The van der Waals surface area contributed by atoms with Gasteiger partial charge in [-0.25, -0.2) is 9.59 Å². The number of benzene rings is 1. The van der Waals surface area contributed by atoms with Crippen LogP contribution in [0.5, 0.6) is 0 Å². The summed E-state index contributed by atoms with van der Waals surface area (Å²) in [5, 5.41) is 0.0542. The van der Waals surface area contributed by atoms with Crippen LogP contribution in [0.15, 0.2) is 39.9 Å². The lowest BCUT2D eigenvalue weighted by molar-refractivity contribution is -0.124. The number of aromatic nitrogens is 4. The van der Waals surface area contributed by atoms with E-state index in [9.17, 15) is 19.2 Å². The predicted octanol–water partition coefficient (Wildman–Crippen LogP) is 2.59. The van der Waals surface area contributed by atoms with Crippen LogP contribution in [-0.2, 0) is 17.9 Å². The van der Waals surface area contributed by atoms with E-state index in [0.29, 0.717) is 25.1 Å². The normalized spacial score (nSPS) is 14.1. The van der Waals surface area contributed by atoms with Crippen molar-refractivity contribution in [2.45, 2.75) is 45.7 Å². The molecule has 3 amide bonds. The Morgan fingerprint density at radius 1 is 0.970 bits per heavy atom. The number of carbonyl (C=O) groups excluding carboxylic acids is 2. The summed E-state index contributed by atoms with van der Waals surface area (Å²) >= 11 is 5.95. The molecule has 4 rings (SSSR count). The molecule has 1 aromatic carbocycles. The van der Waals surface area contributed by atoms with Gasteiger partial charge in [-0.15, -0.1) is 0 Å². The lowest BCUT2D eigenvalue weighted by Gasteiger charge is -2.17. The Balaban J connectivity index is 1.45. The molecule has 1 N–H and O–H groups in total. The molecule has 10 nitrogen and oxygen atoms in total. The summed E-state index contributed by atoms with van der Waals surface area (Å²) in [7, 11) is 0. The number of amides is 3. The van der Waals surface area contributed by atoms with E-state index in [1.54, 1.807) is 12.1 Å². The molecular weight excluding hydrogens is 448 g/mol. The Morgan fingerprint density at radius 3 is 2.39 bits per heavy atom. The molecule has 11 heteroatoms. The molecular formula is C22H25ClN6O4. The lowest BCUT2D eigenvalue weighted by Crippen LogP contribution is -2.40. The number of carbonyl (C=O) groups is 2. The van der Waals surface area contributed by atoms with Gasteiger partial charge in [0.15, 0.2) is 11.2 Å². The van der Waals surface area contributed by atoms with Gasteiger partial charge in [-0.05, 0) is 43.0 Å². The third-order valence-corrected chi connectivity index (χ3v) is 5.88. The summed E-state index contributed by atoms with van der Waals surface area (Å²) in [5.74, 6) is -0.267. The third-order valence-electron chi connectivity index (χ3n) is 5.71. The van der Waals surface area contributed by atoms with Crippen molar-refractivity contribution in [1.82, 2.24) is 24.0 Å². The van der Waals surface area contributed by atoms with Crippen LogP contribution in [0.1, 0.15) is 32.6 Å². The minimum absolute atomic E-state index is 0.00168. The van der Waals surface area contributed by atoms with Gasteiger partial charge in [0.2, 0.25) is 5.28 Å². The molecule has 0 saturated carbocycles. The smallest absolute Gasteiger partial charge is 0.323 e. The van der Waals surface area contributed by atoms with Gasteiger partial charge in [0, 0.05) is 25.3 Å². The second kappa shape index (κ2) is 9.62. The maximum Gasteiger partial charge on any atom is 0.332 e. The number of aromatic amines is 1. The number of hydrogen-bond acceptors (Lipinski definition) is 5. The third kappa shape index (κ3) is 4.43. The summed E-state index contributed by atoms with van der Waals surface area (Å²) in [4.78, 5) is 60.4. The topological polar surface area (TPSA) is 113 Å². The van der Waals surface area contributed by atoms with Crippen molar-refractivity contribution in [2.75, 3.05) is 18.0 Å². The molecule has 1 saturated heterocycles. The maximum absolute atomic E-state index is 13.0. The van der Waals surface area contributed by atoms with Crippen molar-refractivity contribution in [3.63, 3.8) is 0 Å². The molecule has 1 aliphatic heterocycles. The summed E-state index contributed by atoms with van der Waals surface area (Å²) < 4.78 is 2.63. The number of unbranched alkanes of at least 4 members (excludes halogenated alkanes) is 2. The van der Waals surface area contributed by atoms with Crippen LogP contribution < -0.4 is 16.1 Å². The Labute approximate surface area is 194 Å². The van der Waals surface area contributed by atoms with Gasteiger partial charge in [0.05, 0.1) is 0 Å². The first-order valence-corrected chi connectivity index (χ1v) is 11.4. The molecule has 0 spiro atoms. The van der Waals surface area contributed by atoms with Gasteiger partial charge in [-0.2, -0.15) is 4.98 Å². The molecule has 0 unspecified atom stereocenters. The van der Waals surface area contributed by atoms with Crippen molar-refractivity contribution < 1.29 is 9.59 Å². The highest BCUT2D eigenvalue weighted by Gasteiger charge is 2.36. The maximum atomic E-state index is 13.0.